The van der Waals surface area contributed by atoms with Crippen LogP contribution in [0.4, 0.5) is 22.7 Å². The van der Waals surface area contributed by atoms with E-state index in [0.717, 1.165) is 35.0 Å². The third-order valence-corrected chi connectivity index (χ3v) is 5.12. The van der Waals surface area contributed by atoms with E-state index in [0.29, 0.717) is 5.56 Å². The number of carbonyl (C=O) groups excluding carboxylic acids is 1. The van der Waals surface area contributed by atoms with Crippen LogP contribution in [0.3, 0.4) is 0 Å². The SMILES string of the molecule is O=C1/C(=C\c2ccc([N+](=O)[O-])cc2)SC(=S)N1Nc1ccc([N+](=O)[O-])cc1[N+](=O)[O-]. The van der Waals surface area contributed by atoms with Crippen LogP contribution < -0.4 is 5.43 Å². The summed E-state index contributed by atoms with van der Waals surface area (Å²) in [4.78, 5) is 43.5. The molecule has 0 bridgehead atoms. The number of nitrogens with one attached hydrogen (secondary N) is 1. The molecule has 14 heteroatoms. The van der Waals surface area contributed by atoms with Gasteiger partial charge >= 0.3 is 5.69 Å². The van der Waals surface area contributed by atoms with E-state index in [1.54, 1.807) is 0 Å². The summed E-state index contributed by atoms with van der Waals surface area (Å²) < 4.78 is 0.0563. The first-order valence-corrected chi connectivity index (χ1v) is 9.12. The Morgan fingerprint density at radius 2 is 1.53 bits per heavy atom. The molecule has 0 spiro atoms. The van der Waals surface area contributed by atoms with Crippen molar-refractivity contribution >= 4 is 63.0 Å². The van der Waals surface area contributed by atoms with Crippen molar-refractivity contribution in [3.63, 3.8) is 0 Å². The molecule has 12 nitrogen and oxygen atoms in total. The Hall–Kier alpha value is -3.91. The highest BCUT2D eigenvalue weighted by molar-refractivity contribution is 8.26. The summed E-state index contributed by atoms with van der Waals surface area (Å²) in [7, 11) is 0. The monoisotopic (exact) mass is 447 g/mol. The summed E-state index contributed by atoms with van der Waals surface area (Å²) in [6.45, 7) is 0. The lowest BCUT2D eigenvalue weighted by Gasteiger charge is -2.16. The number of nitrogens with zero attached hydrogens (tertiary/aromatic N) is 4. The number of hydrogen-bond donors (Lipinski definition) is 1. The van der Waals surface area contributed by atoms with Crippen molar-refractivity contribution in [3.8, 4) is 0 Å². The average molecular weight is 447 g/mol. The van der Waals surface area contributed by atoms with Crippen molar-refractivity contribution in [2.24, 2.45) is 0 Å². The quantitative estimate of drug-likeness (QED) is 0.299. The molecule has 30 heavy (non-hydrogen) atoms. The van der Waals surface area contributed by atoms with Gasteiger partial charge in [-0.05, 0) is 42.1 Å². The second kappa shape index (κ2) is 8.22. The molecule has 0 aliphatic carbocycles. The number of carbonyl (C=O) groups is 1. The summed E-state index contributed by atoms with van der Waals surface area (Å²) in [5.41, 5.74) is 1.71. The molecular weight excluding hydrogens is 438 g/mol. The van der Waals surface area contributed by atoms with Gasteiger partial charge in [-0.25, -0.2) is 5.01 Å². The Kier molecular flexibility index (Phi) is 5.70. The molecule has 2 aromatic carbocycles. The molecule has 1 fully saturated rings. The third-order valence-electron chi connectivity index (χ3n) is 3.82. The number of thiocarbonyl (C=S) groups is 1. The molecule has 2 aromatic rings. The average Bonchev–Trinajstić information content (AvgIpc) is 2.95. The van der Waals surface area contributed by atoms with Crippen molar-refractivity contribution in [1.29, 1.82) is 0 Å². The lowest BCUT2D eigenvalue weighted by Crippen LogP contribution is -2.34. The molecule has 0 unspecified atom stereocenters. The maximum atomic E-state index is 12.7. The number of thioether (sulfide) groups is 1. The molecule has 1 heterocycles. The first kappa shape index (κ1) is 20.8. The van der Waals surface area contributed by atoms with Gasteiger partial charge in [-0.3, -0.25) is 40.6 Å². The second-order valence-electron chi connectivity index (χ2n) is 5.69. The van der Waals surface area contributed by atoms with E-state index in [1.165, 1.54) is 30.3 Å². The fraction of sp³-hybridized carbons (Fsp3) is 0. The number of non-ortho nitro benzene ring substituents is 2. The highest BCUT2D eigenvalue weighted by Gasteiger charge is 2.34. The van der Waals surface area contributed by atoms with Crippen LogP contribution in [0.5, 0.6) is 0 Å². The van der Waals surface area contributed by atoms with Crippen LogP contribution in [0.15, 0.2) is 47.4 Å². The molecular formula is C16H9N5O7S2. The van der Waals surface area contributed by atoms with Crippen molar-refractivity contribution < 1.29 is 19.6 Å². The van der Waals surface area contributed by atoms with Gasteiger partial charge < -0.3 is 0 Å². The van der Waals surface area contributed by atoms with Crippen LogP contribution in [0.2, 0.25) is 0 Å². The van der Waals surface area contributed by atoms with Gasteiger partial charge in [0.1, 0.15) is 5.69 Å². The number of hydrazine groups is 1. The highest BCUT2D eigenvalue weighted by atomic mass is 32.2. The first-order valence-electron chi connectivity index (χ1n) is 7.89. The standard InChI is InChI=1S/C16H9N5O7S2/c22-15-14(7-9-1-3-10(4-2-9)19(23)24)30-16(29)18(15)17-12-6-5-11(20(25)26)8-13(12)21(27)28/h1-8,17H/b14-7+. The van der Waals surface area contributed by atoms with Gasteiger partial charge in [-0.2, -0.15) is 0 Å². The summed E-state index contributed by atoms with van der Waals surface area (Å²) >= 11 is 6.06. The van der Waals surface area contributed by atoms with Gasteiger partial charge in [0.2, 0.25) is 0 Å². The molecule has 0 radical (unpaired) electrons. The Morgan fingerprint density at radius 3 is 2.10 bits per heavy atom. The van der Waals surface area contributed by atoms with Gasteiger partial charge in [-0.1, -0.05) is 11.8 Å². The molecule has 152 valence electrons. The third kappa shape index (κ3) is 4.23. The minimum absolute atomic E-state index is 0.0563. The predicted molar refractivity (Wildman–Crippen MR) is 111 cm³/mol. The minimum Gasteiger partial charge on any atom is -0.283 e. The molecule has 1 amide bonds. The van der Waals surface area contributed by atoms with E-state index in [1.807, 2.05) is 0 Å². The zero-order chi connectivity index (χ0) is 22.0. The van der Waals surface area contributed by atoms with Gasteiger partial charge in [-0.15, -0.1) is 0 Å². The fourth-order valence-electron chi connectivity index (χ4n) is 2.41. The Bertz CT molecular complexity index is 1130. The van der Waals surface area contributed by atoms with Crippen LogP contribution in [0.25, 0.3) is 6.08 Å². The van der Waals surface area contributed by atoms with Crippen molar-refractivity contribution in [2.45, 2.75) is 0 Å². The van der Waals surface area contributed by atoms with Crippen LogP contribution >= 0.6 is 24.0 Å². The number of hydrogen-bond acceptors (Lipinski definition) is 10. The fourth-order valence-corrected chi connectivity index (χ4v) is 3.59. The summed E-state index contributed by atoms with van der Waals surface area (Å²) in [6.07, 6.45) is 1.47. The van der Waals surface area contributed by atoms with E-state index < -0.39 is 32.1 Å². The number of benzene rings is 2. The normalized spacial score (nSPS) is 14.8. The first-order chi connectivity index (χ1) is 14.2. The van der Waals surface area contributed by atoms with E-state index >= 15 is 0 Å². The molecule has 0 saturated carbocycles. The molecule has 0 aromatic heterocycles. The number of nitro benzene ring substituents is 3. The molecule has 3 rings (SSSR count). The van der Waals surface area contributed by atoms with Gasteiger partial charge in [0.25, 0.3) is 17.3 Å². The van der Waals surface area contributed by atoms with Crippen molar-refractivity contribution in [3.05, 3.63) is 83.3 Å². The number of nitro groups is 3. The van der Waals surface area contributed by atoms with E-state index in [-0.39, 0.29) is 20.6 Å². The summed E-state index contributed by atoms with van der Waals surface area (Å²) in [5, 5.41) is 33.7. The lowest BCUT2D eigenvalue weighted by atomic mass is 10.2. The lowest BCUT2D eigenvalue weighted by molar-refractivity contribution is -0.393. The van der Waals surface area contributed by atoms with Crippen LogP contribution in [0.1, 0.15) is 5.56 Å². The van der Waals surface area contributed by atoms with Crippen LogP contribution in [-0.4, -0.2) is 30.0 Å². The smallest absolute Gasteiger partial charge is 0.283 e. The maximum absolute atomic E-state index is 12.7. The highest BCUT2D eigenvalue weighted by Crippen LogP contribution is 2.35. The van der Waals surface area contributed by atoms with Gasteiger partial charge in [0.15, 0.2) is 4.32 Å². The number of rotatable bonds is 6. The van der Waals surface area contributed by atoms with E-state index in [9.17, 15) is 35.1 Å². The number of amides is 1. The predicted octanol–water partition coefficient (Wildman–Crippen LogP) is 3.64. The molecule has 1 N–H and O–H groups in total. The van der Waals surface area contributed by atoms with Crippen LogP contribution in [0, 0.1) is 30.3 Å². The van der Waals surface area contributed by atoms with E-state index in [2.05, 4.69) is 5.43 Å². The van der Waals surface area contributed by atoms with Gasteiger partial charge in [0, 0.05) is 18.2 Å². The molecule has 1 aliphatic rings. The van der Waals surface area contributed by atoms with Crippen molar-refractivity contribution in [2.75, 3.05) is 5.43 Å². The topological polar surface area (TPSA) is 162 Å². The van der Waals surface area contributed by atoms with Crippen molar-refractivity contribution in [1.82, 2.24) is 5.01 Å². The molecule has 1 saturated heterocycles. The summed E-state index contributed by atoms with van der Waals surface area (Å²) in [5.74, 6) is -0.601. The minimum atomic E-state index is -0.820. The molecule has 1 aliphatic heterocycles. The zero-order valence-corrected chi connectivity index (χ0v) is 16.2. The van der Waals surface area contributed by atoms with Crippen LogP contribution in [-0.2, 0) is 4.79 Å². The Morgan fingerprint density at radius 1 is 0.933 bits per heavy atom. The summed E-state index contributed by atoms with van der Waals surface area (Å²) in [6, 6.07) is 8.41. The zero-order valence-electron chi connectivity index (χ0n) is 14.6. The second-order valence-corrected chi connectivity index (χ2v) is 7.37. The largest absolute Gasteiger partial charge is 0.300 e. The maximum Gasteiger partial charge on any atom is 0.300 e. The Balaban J connectivity index is 1.86. The number of anilines is 1. The Labute approximate surface area is 176 Å². The molecule has 0 atom stereocenters. The van der Waals surface area contributed by atoms with E-state index in [4.69, 9.17) is 12.2 Å². The van der Waals surface area contributed by atoms with Gasteiger partial charge in [0.05, 0.1) is 25.7 Å².